The highest BCUT2D eigenvalue weighted by Gasteiger charge is 2.22. The Hall–Kier alpha value is -3.42. The summed E-state index contributed by atoms with van der Waals surface area (Å²) in [4.78, 5) is 25.3. The van der Waals surface area contributed by atoms with Crippen LogP contribution in [0.15, 0.2) is 61.1 Å². The summed E-state index contributed by atoms with van der Waals surface area (Å²) in [5.74, 6) is 1.71. The molecule has 0 radical (unpaired) electrons. The van der Waals surface area contributed by atoms with Crippen LogP contribution in [0.25, 0.3) is 11.0 Å². The van der Waals surface area contributed by atoms with Gasteiger partial charge in [0.2, 0.25) is 0 Å². The lowest BCUT2D eigenvalue weighted by molar-refractivity contribution is 0.104. The second-order valence-electron chi connectivity index (χ2n) is 8.08. The number of nitrogens with zero attached hydrogens (tertiary/aromatic N) is 2. The first-order valence-corrected chi connectivity index (χ1v) is 11.4. The predicted octanol–water partition coefficient (Wildman–Crippen LogP) is 5.19. The van der Waals surface area contributed by atoms with E-state index in [1.807, 2.05) is 30.3 Å². The van der Waals surface area contributed by atoms with Crippen LogP contribution in [0, 0.1) is 0 Å². The normalized spacial score (nSPS) is 16.3. The van der Waals surface area contributed by atoms with Gasteiger partial charge >= 0.3 is 0 Å². The number of H-pyrrole nitrogens is 1. The number of benzene rings is 2. The molecule has 1 saturated heterocycles. The van der Waals surface area contributed by atoms with Gasteiger partial charge in [0.15, 0.2) is 5.78 Å². The molecule has 5 rings (SSSR count). The third-order valence-electron chi connectivity index (χ3n) is 5.77. The number of carbonyl (C=O) groups is 1. The van der Waals surface area contributed by atoms with E-state index in [1.54, 1.807) is 24.4 Å². The first-order valence-electron chi connectivity index (χ1n) is 11.1. The molecule has 33 heavy (non-hydrogen) atoms. The molecular formula is C25H24ClN5O2. The molecule has 3 heterocycles. The van der Waals surface area contributed by atoms with Crippen LogP contribution in [-0.2, 0) is 0 Å². The minimum absolute atomic E-state index is 0.200. The van der Waals surface area contributed by atoms with Crippen molar-refractivity contribution in [1.29, 1.82) is 0 Å². The zero-order valence-corrected chi connectivity index (χ0v) is 18.7. The lowest BCUT2D eigenvalue weighted by Crippen LogP contribution is -2.31. The number of para-hydroxylation sites is 1. The minimum Gasteiger partial charge on any atom is -0.457 e. The van der Waals surface area contributed by atoms with Crippen molar-refractivity contribution in [3.8, 4) is 11.5 Å². The molecule has 1 aliphatic heterocycles. The number of hydrogen-bond acceptors (Lipinski definition) is 6. The van der Waals surface area contributed by atoms with Crippen LogP contribution < -0.4 is 15.4 Å². The first-order chi connectivity index (χ1) is 16.2. The number of anilines is 1. The monoisotopic (exact) mass is 461 g/mol. The largest absolute Gasteiger partial charge is 0.457 e. The molecule has 3 N–H and O–H groups in total. The Morgan fingerprint density at radius 2 is 1.94 bits per heavy atom. The zero-order valence-electron chi connectivity index (χ0n) is 18.0. The maximum Gasteiger partial charge on any atom is 0.196 e. The highest BCUT2D eigenvalue weighted by Crippen LogP contribution is 2.31. The Labute approximate surface area is 196 Å². The molecule has 1 unspecified atom stereocenters. The third kappa shape index (κ3) is 4.69. The van der Waals surface area contributed by atoms with Crippen LogP contribution in [0.3, 0.4) is 0 Å². The zero-order chi connectivity index (χ0) is 22.6. The quantitative estimate of drug-likeness (QED) is 0.342. The van der Waals surface area contributed by atoms with E-state index in [1.165, 1.54) is 6.33 Å². The number of fused-ring (bicyclic) bond motifs is 1. The van der Waals surface area contributed by atoms with E-state index < -0.39 is 0 Å². The number of aromatic nitrogens is 3. The molecule has 4 aromatic rings. The Kier molecular flexibility index (Phi) is 6.24. The highest BCUT2D eigenvalue weighted by atomic mass is 35.5. The second-order valence-corrected chi connectivity index (χ2v) is 8.48. The van der Waals surface area contributed by atoms with Crippen LogP contribution >= 0.6 is 11.6 Å². The molecule has 1 fully saturated rings. The van der Waals surface area contributed by atoms with Gasteiger partial charge in [0.1, 0.15) is 29.3 Å². The van der Waals surface area contributed by atoms with E-state index in [0.29, 0.717) is 44.5 Å². The number of carbonyl (C=O) groups excluding carboxylic acids is 1. The van der Waals surface area contributed by atoms with E-state index in [9.17, 15) is 4.79 Å². The molecule has 2 aromatic carbocycles. The van der Waals surface area contributed by atoms with Gasteiger partial charge in [-0.05, 0) is 43.7 Å². The molecule has 0 spiro atoms. The van der Waals surface area contributed by atoms with Gasteiger partial charge in [-0.1, -0.05) is 36.2 Å². The number of aromatic amines is 1. The Morgan fingerprint density at radius 1 is 1.06 bits per heavy atom. The van der Waals surface area contributed by atoms with E-state index >= 15 is 0 Å². The highest BCUT2D eigenvalue weighted by molar-refractivity contribution is 6.35. The van der Waals surface area contributed by atoms with Crippen LogP contribution in [0.4, 0.5) is 5.82 Å². The number of nitrogens with one attached hydrogen (secondary N) is 3. The van der Waals surface area contributed by atoms with E-state index in [-0.39, 0.29) is 11.8 Å². The van der Waals surface area contributed by atoms with Crippen molar-refractivity contribution >= 4 is 34.2 Å². The molecule has 0 saturated carbocycles. The van der Waals surface area contributed by atoms with Crippen molar-refractivity contribution < 1.29 is 9.53 Å². The summed E-state index contributed by atoms with van der Waals surface area (Å²) in [5, 5.41) is 7.95. The number of ketones is 1. The van der Waals surface area contributed by atoms with Crippen molar-refractivity contribution in [3.05, 3.63) is 77.2 Å². The van der Waals surface area contributed by atoms with E-state index in [2.05, 4.69) is 25.6 Å². The molecule has 2 aromatic heterocycles. The van der Waals surface area contributed by atoms with Crippen molar-refractivity contribution in [3.63, 3.8) is 0 Å². The van der Waals surface area contributed by atoms with Gasteiger partial charge in [-0.15, -0.1) is 0 Å². The number of halogens is 1. The molecule has 0 amide bonds. The van der Waals surface area contributed by atoms with Gasteiger partial charge in [-0.2, -0.15) is 0 Å². The molecule has 8 heteroatoms. The lowest BCUT2D eigenvalue weighted by atomic mass is 10.0. The summed E-state index contributed by atoms with van der Waals surface area (Å²) in [6, 6.07) is 14.7. The van der Waals surface area contributed by atoms with Crippen LogP contribution in [0.1, 0.15) is 35.2 Å². The van der Waals surface area contributed by atoms with Gasteiger partial charge < -0.3 is 20.4 Å². The SMILES string of the molecule is O=C(c1ccc(Oc2ccccc2)cc1Cl)c1c[nH]c2ncnc(NC3CCCCNC3)c12. The maximum atomic E-state index is 13.5. The van der Waals surface area contributed by atoms with Gasteiger partial charge in [0.05, 0.1) is 16.0 Å². The molecule has 168 valence electrons. The van der Waals surface area contributed by atoms with Gasteiger partial charge in [-0.25, -0.2) is 9.97 Å². The first kappa shape index (κ1) is 21.4. The van der Waals surface area contributed by atoms with Crippen molar-refractivity contribution in [2.75, 3.05) is 18.4 Å². The summed E-state index contributed by atoms with van der Waals surface area (Å²) in [7, 11) is 0. The van der Waals surface area contributed by atoms with Gasteiger partial charge in [0, 0.05) is 30.4 Å². The summed E-state index contributed by atoms with van der Waals surface area (Å²) in [6.45, 7) is 1.88. The number of rotatable bonds is 6. The Bertz CT molecular complexity index is 1270. The fourth-order valence-electron chi connectivity index (χ4n) is 4.10. The second kappa shape index (κ2) is 9.60. The summed E-state index contributed by atoms with van der Waals surface area (Å²) in [6.07, 6.45) is 6.52. The molecular weight excluding hydrogens is 438 g/mol. The predicted molar refractivity (Wildman–Crippen MR) is 129 cm³/mol. The molecule has 1 aliphatic rings. The molecule has 0 aliphatic carbocycles. The van der Waals surface area contributed by atoms with Gasteiger partial charge in [0.25, 0.3) is 0 Å². The summed E-state index contributed by atoms with van der Waals surface area (Å²) >= 11 is 6.51. The van der Waals surface area contributed by atoms with E-state index in [0.717, 1.165) is 32.4 Å². The Morgan fingerprint density at radius 3 is 2.79 bits per heavy atom. The lowest BCUT2D eigenvalue weighted by Gasteiger charge is -2.17. The molecule has 1 atom stereocenters. The topological polar surface area (TPSA) is 91.9 Å². The fraction of sp³-hybridized carbons (Fsp3) is 0.240. The average molecular weight is 462 g/mol. The average Bonchev–Trinajstić information content (AvgIpc) is 3.10. The van der Waals surface area contributed by atoms with Crippen molar-refractivity contribution in [1.82, 2.24) is 20.3 Å². The van der Waals surface area contributed by atoms with Crippen molar-refractivity contribution in [2.24, 2.45) is 0 Å². The molecule has 0 bridgehead atoms. The molecule has 7 nitrogen and oxygen atoms in total. The standard InChI is InChI=1S/C25H24ClN5O2/c26-21-12-18(33-17-7-2-1-3-8-17)9-10-19(21)23(32)20-14-28-24-22(20)25(30-15-29-24)31-16-6-4-5-11-27-13-16/h1-3,7-10,12,14-16,27H,4-6,11,13H2,(H2,28,29,30,31). The minimum atomic E-state index is -0.200. The van der Waals surface area contributed by atoms with Crippen LogP contribution in [0.2, 0.25) is 5.02 Å². The van der Waals surface area contributed by atoms with Crippen molar-refractivity contribution in [2.45, 2.75) is 25.3 Å². The fourth-order valence-corrected chi connectivity index (χ4v) is 4.36. The van der Waals surface area contributed by atoms with Crippen LogP contribution in [0.5, 0.6) is 11.5 Å². The maximum absolute atomic E-state index is 13.5. The number of ether oxygens (including phenoxy) is 1. The van der Waals surface area contributed by atoms with Gasteiger partial charge in [-0.3, -0.25) is 4.79 Å². The smallest absolute Gasteiger partial charge is 0.196 e. The summed E-state index contributed by atoms with van der Waals surface area (Å²) < 4.78 is 5.83. The van der Waals surface area contributed by atoms with E-state index in [4.69, 9.17) is 16.3 Å². The third-order valence-corrected chi connectivity index (χ3v) is 6.08. The number of hydrogen-bond donors (Lipinski definition) is 3. The Balaban J connectivity index is 1.43. The van der Waals surface area contributed by atoms with Crippen LogP contribution in [-0.4, -0.2) is 39.9 Å². The summed E-state index contributed by atoms with van der Waals surface area (Å²) in [5.41, 5.74) is 1.48.